The van der Waals surface area contributed by atoms with Crippen molar-refractivity contribution < 1.29 is 14.3 Å². The minimum Gasteiger partial charge on any atom is -0.381 e. The third-order valence-corrected chi connectivity index (χ3v) is 6.16. The van der Waals surface area contributed by atoms with Gasteiger partial charge in [-0.05, 0) is 32.1 Å². The van der Waals surface area contributed by atoms with Crippen molar-refractivity contribution >= 4 is 5.91 Å². The number of ether oxygens (including phenoxy) is 2. The van der Waals surface area contributed by atoms with Gasteiger partial charge >= 0.3 is 0 Å². The Morgan fingerprint density at radius 1 is 1.24 bits per heavy atom. The third kappa shape index (κ3) is 2.13. The molecule has 0 aromatic heterocycles. The van der Waals surface area contributed by atoms with Crippen LogP contribution in [0.1, 0.15) is 40.0 Å². The Hall–Kier alpha value is -0.650. The molecule has 2 saturated heterocycles. The average Bonchev–Trinajstić information content (AvgIpc) is 2.95. The zero-order valence-electron chi connectivity index (χ0n) is 13.4. The summed E-state index contributed by atoms with van der Waals surface area (Å²) in [7, 11) is 0. The first-order valence-corrected chi connectivity index (χ1v) is 8.18. The van der Waals surface area contributed by atoms with E-state index < -0.39 is 5.54 Å². The molecule has 3 rings (SSSR count). The van der Waals surface area contributed by atoms with Gasteiger partial charge in [-0.2, -0.15) is 0 Å². The summed E-state index contributed by atoms with van der Waals surface area (Å²) in [5.74, 6) is 0.651. The highest BCUT2D eigenvalue weighted by atomic mass is 16.5. The predicted octanol–water partition coefficient (Wildman–Crippen LogP) is 1.06. The molecule has 0 spiro atoms. The molecule has 5 heteroatoms. The van der Waals surface area contributed by atoms with Crippen molar-refractivity contribution in [2.24, 2.45) is 23.0 Å². The maximum atomic E-state index is 12.8. The van der Waals surface area contributed by atoms with Gasteiger partial charge in [-0.25, -0.2) is 0 Å². The first-order chi connectivity index (χ1) is 9.89. The summed E-state index contributed by atoms with van der Waals surface area (Å²) in [6.07, 6.45) is 3.05. The molecule has 0 aromatic rings. The summed E-state index contributed by atoms with van der Waals surface area (Å²) in [6, 6.07) is 0.152. The van der Waals surface area contributed by atoms with E-state index in [1.807, 2.05) is 0 Å². The largest absolute Gasteiger partial charge is 0.381 e. The van der Waals surface area contributed by atoms with E-state index in [-0.39, 0.29) is 29.4 Å². The van der Waals surface area contributed by atoms with Crippen molar-refractivity contribution in [3.63, 3.8) is 0 Å². The van der Waals surface area contributed by atoms with Crippen LogP contribution in [0.2, 0.25) is 0 Å². The van der Waals surface area contributed by atoms with Crippen LogP contribution in [0, 0.1) is 17.3 Å². The predicted molar refractivity (Wildman–Crippen MR) is 79.7 cm³/mol. The van der Waals surface area contributed by atoms with Gasteiger partial charge in [0.2, 0.25) is 5.91 Å². The standard InChI is InChI=1S/C16H28N2O3/c1-10(11-4-7-20-8-5-11)18-14(19)16(17)12-6-9-21-13(12)15(16,2)3/h10-13H,4-9,17H2,1-3H3,(H,18,19). The molecule has 120 valence electrons. The summed E-state index contributed by atoms with van der Waals surface area (Å²) >= 11 is 0. The Labute approximate surface area is 126 Å². The Kier molecular flexibility index (Phi) is 3.79. The average molecular weight is 296 g/mol. The lowest BCUT2D eigenvalue weighted by atomic mass is 9.48. The Bertz CT molecular complexity index is 420. The van der Waals surface area contributed by atoms with Gasteiger partial charge in [-0.1, -0.05) is 13.8 Å². The van der Waals surface area contributed by atoms with Gasteiger partial charge in [0.1, 0.15) is 5.54 Å². The van der Waals surface area contributed by atoms with Crippen LogP contribution in [-0.4, -0.2) is 43.4 Å². The number of carbonyl (C=O) groups excluding carboxylic acids is 1. The van der Waals surface area contributed by atoms with Crippen molar-refractivity contribution in [2.45, 2.75) is 57.7 Å². The molecule has 1 aliphatic carbocycles. The van der Waals surface area contributed by atoms with Gasteiger partial charge < -0.3 is 20.5 Å². The van der Waals surface area contributed by atoms with Crippen LogP contribution in [0.4, 0.5) is 0 Å². The molecule has 0 radical (unpaired) electrons. The van der Waals surface area contributed by atoms with E-state index in [0.717, 1.165) is 39.1 Å². The SMILES string of the molecule is CC(NC(=O)C1(N)C2CCOC2C1(C)C)C1CCOCC1. The van der Waals surface area contributed by atoms with Crippen LogP contribution in [-0.2, 0) is 14.3 Å². The lowest BCUT2D eigenvalue weighted by Crippen LogP contribution is -2.80. The van der Waals surface area contributed by atoms with E-state index >= 15 is 0 Å². The van der Waals surface area contributed by atoms with E-state index in [0.29, 0.717) is 5.92 Å². The summed E-state index contributed by atoms with van der Waals surface area (Å²) in [5, 5.41) is 3.19. The van der Waals surface area contributed by atoms with Gasteiger partial charge in [0.15, 0.2) is 0 Å². The fourth-order valence-electron chi connectivity index (χ4n) is 4.51. The molecule has 4 unspecified atom stereocenters. The lowest BCUT2D eigenvalue weighted by Gasteiger charge is -2.61. The molecule has 5 nitrogen and oxygen atoms in total. The highest BCUT2D eigenvalue weighted by molar-refractivity contribution is 5.89. The Balaban J connectivity index is 1.67. The van der Waals surface area contributed by atoms with Crippen molar-refractivity contribution in [3.05, 3.63) is 0 Å². The number of fused-ring (bicyclic) bond motifs is 1. The zero-order chi connectivity index (χ0) is 15.3. The number of nitrogens with two attached hydrogens (primary N) is 1. The molecule has 1 amide bonds. The summed E-state index contributed by atoms with van der Waals surface area (Å²) in [4.78, 5) is 12.8. The molecule has 3 aliphatic rings. The summed E-state index contributed by atoms with van der Waals surface area (Å²) in [5.41, 5.74) is 5.47. The Morgan fingerprint density at radius 3 is 2.57 bits per heavy atom. The molecular weight excluding hydrogens is 268 g/mol. The van der Waals surface area contributed by atoms with Crippen LogP contribution in [0.15, 0.2) is 0 Å². The van der Waals surface area contributed by atoms with Crippen LogP contribution in [0.25, 0.3) is 0 Å². The highest BCUT2D eigenvalue weighted by Gasteiger charge is 2.71. The third-order valence-electron chi connectivity index (χ3n) is 6.16. The smallest absolute Gasteiger partial charge is 0.241 e. The second-order valence-electron chi connectivity index (χ2n) is 7.49. The highest BCUT2D eigenvalue weighted by Crippen LogP contribution is 2.58. The minimum atomic E-state index is -0.798. The van der Waals surface area contributed by atoms with Crippen LogP contribution < -0.4 is 11.1 Å². The molecule has 4 atom stereocenters. The minimum absolute atomic E-state index is 0.00163. The molecule has 0 bridgehead atoms. The number of rotatable bonds is 3. The normalized spacial score (nSPS) is 40.2. The molecular formula is C16H28N2O3. The van der Waals surface area contributed by atoms with Gasteiger partial charge in [0, 0.05) is 37.2 Å². The first-order valence-electron chi connectivity index (χ1n) is 8.18. The Morgan fingerprint density at radius 2 is 1.90 bits per heavy atom. The van der Waals surface area contributed by atoms with Crippen LogP contribution in [0.3, 0.4) is 0 Å². The van der Waals surface area contributed by atoms with Gasteiger partial charge in [0.25, 0.3) is 0 Å². The second-order valence-corrected chi connectivity index (χ2v) is 7.49. The maximum absolute atomic E-state index is 12.8. The van der Waals surface area contributed by atoms with Crippen LogP contribution >= 0.6 is 0 Å². The van der Waals surface area contributed by atoms with E-state index in [4.69, 9.17) is 15.2 Å². The summed E-state index contributed by atoms with van der Waals surface area (Å²) in [6.45, 7) is 8.51. The van der Waals surface area contributed by atoms with Crippen molar-refractivity contribution in [1.82, 2.24) is 5.32 Å². The molecule has 1 saturated carbocycles. The summed E-state index contributed by atoms with van der Waals surface area (Å²) < 4.78 is 11.1. The van der Waals surface area contributed by atoms with E-state index in [9.17, 15) is 4.79 Å². The van der Waals surface area contributed by atoms with Gasteiger partial charge in [0.05, 0.1) is 6.10 Å². The number of hydrogen-bond donors (Lipinski definition) is 2. The number of amides is 1. The quantitative estimate of drug-likeness (QED) is 0.817. The zero-order valence-corrected chi connectivity index (χ0v) is 13.4. The molecule has 3 N–H and O–H groups in total. The van der Waals surface area contributed by atoms with Gasteiger partial charge in [-0.3, -0.25) is 4.79 Å². The van der Waals surface area contributed by atoms with Crippen molar-refractivity contribution in [1.29, 1.82) is 0 Å². The first kappa shape index (κ1) is 15.3. The lowest BCUT2D eigenvalue weighted by molar-refractivity contribution is -0.176. The van der Waals surface area contributed by atoms with Gasteiger partial charge in [-0.15, -0.1) is 0 Å². The second kappa shape index (κ2) is 5.21. The monoisotopic (exact) mass is 296 g/mol. The molecule has 0 aromatic carbocycles. The fourth-order valence-corrected chi connectivity index (χ4v) is 4.51. The molecule has 3 fully saturated rings. The van der Waals surface area contributed by atoms with Crippen molar-refractivity contribution in [3.8, 4) is 0 Å². The number of nitrogens with one attached hydrogen (secondary N) is 1. The molecule has 21 heavy (non-hydrogen) atoms. The fraction of sp³-hybridized carbons (Fsp3) is 0.938. The van der Waals surface area contributed by atoms with E-state index in [2.05, 4.69) is 26.1 Å². The van der Waals surface area contributed by atoms with Crippen LogP contribution in [0.5, 0.6) is 0 Å². The molecule has 2 aliphatic heterocycles. The number of carbonyl (C=O) groups is 1. The maximum Gasteiger partial charge on any atom is 0.241 e. The van der Waals surface area contributed by atoms with E-state index in [1.165, 1.54) is 0 Å². The molecule has 2 heterocycles. The van der Waals surface area contributed by atoms with Crippen molar-refractivity contribution in [2.75, 3.05) is 19.8 Å². The number of hydrogen-bond acceptors (Lipinski definition) is 4. The van der Waals surface area contributed by atoms with E-state index in [1.54, 1.807) is 0 Å². The topological polar surface area (TPSA) is 73.6 Å².